The molecule has 1 unspecified atom stereocenters. The number of esters is 1. The monoisotopic (exact) mass is 241 g/mol. The molecule has 5 nitrogen and oxygen atoms in total. The van der Waals surface area contributed by atoms with E-state index in [0.717, 1.165) is 12.8 Å². The summed E-state index contributed by atoms with van der Waals surface area (Å²) in [6.45, 7) is 4.89. The molecule has 0 aromatic heterocycles. The van der Waals surface area contributed by atoms with Gasteiger partial charge in [-0.15, -0.1) is 0 Å². The Bertz CT molecular complexity index is 308. The fraction of sp³-hybridized carbons (Fsp3) is 0.750. The molecule has 1 amide bonds. The van der Waals surface area contributed by atoms with Crippen LogP contribution in [0.3, 0.4) is 0 Å². The van der Waals surface area contributed by atoms with Crippen molar-refractivity contribution in [2.45, 2.75) is 33.1 Å². The molecule has 1 saturated heterocycles. The van der Waals surface area contributed by atoms with E-state index in [0.29, 0.717) is 19.7 Å². The van der Waals surface area contributed by atoms with E-state index in [2.05, 4.69) is 0 Å². The first-order chi connectivity index (χ1) is 8.06. The van der Waals surface area contributed by atoms with E-state index in [1.54, 1.807) is 18.7 Å². The average Bonchev–Trinajstić information content (AvgIpc) is 2.80. The number of rotatable bonds is 5. The Morgan fingerprint density at radius 2 is 1.82 bits per heavy atom. The molecule has 5 heteroatoms. The molecule has 17 heavy (non-hydrogen) atoms. The van der Waals surface area contributed by atoms with Gasteiger partial charge >= 0.3 is 5.97 Å². The zero-order chi connectivity index (χ0) is 12.8. The number of amides is 1. The highest BCUT2D eigenvalue weighted by atomic mass is 16.5. The number of likely N-dealkylation sites (tertiary alicyclic amines) is 1. The number of ketones is 1. The van der Waals surface area contributed by atoms with Gasteiger partial charge in [0.25, 0.3) is 5.91 Å². The molecule has 0 radical (unpaired) electrons. The van der Waals surface area contributed by atoms with Crippen molar-refractivity contribution in [3.8, 4) is 0 Å². The third kappa shape index (κ3) is 3.84. The summed E-state index contributed by atoms with van der Waals surface area (Å²) >= 11 is 0. The molecule has 96 valence electrons. The van der Waals surface area contributed by atoms with Crippen molar-refractivity contribution in [2.75, 3.05) is 19.7 Å². The maximum Gasteiger partial charge on any atom is 0.306 e. The van der Waals surface area contributed by atoms with Crippen LogP contribution in [0.4, 0.5) is 0 Å². The van der Waals surface area contributed by atoms with Crippen LogP contribution in [0.1, 0.15) is 33.1 Å². The smallest absolute Gasteiger partial charge is 0.306 e. The standard InChI is InChI=1S/C12H19NO4/c1-3-17-10(14)8-9(2)11(15)12(16)13-6-4-5-7-13/h9H,3-8H2,1-2H3. The summed E-state index contributed by atoms with van der Waals surface area (Å²) in [4.78, 5) is 36.3. The second-order valence-corrected chi connectivity index (χ2v) is 4.27. The van der Waals surface area contributed by atoms with Gasteiger partial charge < -0.3 is 9.64 Å². The van der Waals surface area contributed by atoms with Crippen LogP contribution in [0, 0.1) is 5.92 Å². The van der Waals surface area contributed by atoms with Crippen LogP contribution < -0.4 is 0 Å². The summed E-state index contributed by atoms with van der Waals surface area (Å²) in [5, 5.41) is 0. The largest absolute Gasteiger partial charge is 0.466 e. The number of hydrogen-bond donors (Lipinski definition) is 0. The Morgan fingerprint density at radius 1 is 1.24 bits per heavy atom. The Kier molecular flexibility index (Phi) is 5.12. The summed E-state index contributed by atoms with van der Waals surface area (Å²) in [5.41, 5.74) is 0. The van der Waals surface area contributed by atoms with Gasteiger partial charge in [-0.2, -0.15) is 0 Å². The zero-order valence-corrected chi connectivity index (χ0v) is 10.4. The van der Waals surface area contributed by atoms with E-state index in [-0.39, 0.29) is 6.42 Å². The fourth-order valence-corrected chi connectivity index (χ4v) is 1.85. The second-order valence-electron chi connectivity index (χ2n) is 4.27. The van der Waals surface area contributed by atoms with Crippen molar-refractivity contribution < 1.29 is 19.1 Å². The van der Waals surface area contributed by atoms with Gasteiger partial charge in [0.1, 0.15) is 0 Å². The summed E-state index contributed by atoms with van der Waals surface area (Å²) in [6, 6.07) is 0. The third-order valence-corrected chi connectivity index (χ3v) is 2.83. The van der Waals surface area contributed by atoms with Crippen LogP contribution >= 0.6 is 0 Å². The minimum atomic E-state index is -0.595. The molecule has 0 aromatic carbocycles. The van der Waals surface area contributed by atoms with Crippen LogP contribution in [0.15, 0.2) is 0 Å². The highest BCUT2D eigenvalue weighted by Crippen LogP contribution is 2.12. The molecule has 0 spiro atoms. The summed E-state index contributed by atoms with van der Waals surface area (Å²) in [5.74, 6) is -1.97. The molecule has 0 aromatic rings. The topological polar surface area (TPSA) is 63.7 Å². The van der Waals surface area contributed by atoms with E-state index in [9.17, 15) is 14.4 Å². The van der Waals surface area contributed by atoms with Gasteiger partial charge in [0, 0.05) is 19.0 Å². The van der Waals surface area contributed by atoms with Crippen LogP contribution in [0.2, 0.25) is 0 Å². The van der Waals surface area contributed by atoms with Gasteiger partial charge in [-0.25, -0.2) is 0 Å². The molecular formula is C12H19NO4. The number of carbonyl (C=O) groups excluding carboxylic acids is 3. The Balaban J connectivity index is 2.45. The first-order valence-electron chi connectivity index (χ1n) is 6.05. The van der Waals surface area contributed by atoms with E-state index in [1.807, 2.05) is 0 Å². The SMILES string of the molecule is CCOC(=O)CC(C)C(=O)C(=O)N1CCCC1. The Morgan fingerprint density at radius 3 is 2.35 bits per heavy atom. The van der Waals surface area contributed by atoms with Gasteiger partial charge in [-0.05, 0) is 19.8 Å². The number of Topliss-reactive ketones (excluding diaryl/α,β-unsaturated/α-hetero) is 1. The van der Waals surface area contributed by atoms with Crippen molar-refractivity contribution in [3.63, 3.8) is 0 Å². The van der Waals surface area contributed by atoms with Gasteiger partial charge in [-0.1, -0.05) is 6.92 Å². The molecule has 1 heterocycles. The Hall–Kier alpha value is -1.39. The van der Waals surface area contributed by atoms with Crippen LogP contribution in [-0.4, -0.2) is 42.3 Å². The molecule has 1 aliphatic heterocycles. The first kappa shape index (κ1) is 13.7. The molecule has 1 fully saturated rings. The second kappa shape index (κ2) is 6.37. The van der Waals surface area contributed by atoms with Crippen molar-refractivity contribution in [2.24, 2.45) is 5.92 Å². The average molecular weight is 241 g/mol. The summed E-state index contributed by atoms with van der Waals surface area (Å²) in [7, 11) is 0. The van der Waals surface area contributed by atoms with Gasteiger partial charge in [0.15, 0.2) is 0 Å². The summed E-state index contributed by atoms with van der Waals surface area (Å²) in [6.07, 6.45) is 1.88. The predicted molar refractivity (Wildman–Crippen MR) is 61.2 cm³/mol. The quantitative estimate of drug-likeness (QED) is 0.527. The van der Waals surface area contributed by atoms with Crippen molar-refractivity contribution in [1.29, 1.82) is 0 Å². The predicted octanol–water partition coefficient (Wildman–Crippen LogP) is 0.767. The number of nitrogens with zero attached hydrogens (tertiary/aromatic N) is 1. The summed E-state index contributed by atoms with van der Waals surface area (Å²) < 4.78 is 4.75. The molecular weight excluding hydrogens is 222 g/mol. The molecule has 0 saturated carbocycles. The van der Waals surface area contributed by atoms with E-state index >= 15 is 0 Å². The maximum atomic E-state index is 11.8. The highest BCUT2D eigenvalue weighted by Gasteiger charge is 2.29. The molecule has 0 bridgehead atoms. The third-order valence-electron chi connectivity index (χ3n) is 2.83. The Labute approximate surface area is 101 Å². The number of hydrogen-bond acceptors (Lipinski definition) is 4. The van der Waals surface area contributed by atoms with Crippen LogP contribution in [0.5, 0.6) is 0 Å². The molecule has 1 aliphatic rings. The van der Waals surface area contributed by atoms with Gasteiger partial charge in [-0.3, -0.25) is 14.4 Å². The zero-order valence-electron chi connectivity index (χ0n) is 10.4. The highest BCUT2D eigenvalue weighted by molar-refractivity contribution is 6.37. The number of ether oxygens (including phenoxy) is 1. The molecule has 0 N–H and O–H groups in total. The first-order valence-corrected chi connectivity index (χ1v) is 6.05. The normalized spacial score (nSPS) is 16.7. The molecule has 0 aliphatic carbocycles. The van der Waals surface area contributed by atoms with Gasteiger partial charge in [0.2, 0.25) is 5.78 Å². The minimum absolute atomic E-state index is 0.0216. The minimum Gasteiger partial charge on any atom is -0.466 e. The lowest BCUT2D eigenvalue weighted by Gasteiger charge is -2.16. The maximum absolute atomic E-state index is 11.8. The van der Waals surface area contributed by atoms with Crippen LogP contribution in [0.25, 0.3) is 0 Å². The van der Waals surface area contributed by atoms with Gasteiger partial charge in [0.05, 0.1) is 13.0 Å². The van der Waals surface area contributed by atoms with E-state index < -0.39 is 23.6 Å². The van der Waals surface area contributed by atoms with Crippen molar-refractivity contribution >= 4 is 17.7 Å². The fourth-order valence-electron chi connectivity index (χ4n) is 1.85. The van der Waals surface area contributed by atoms with E-state index in [1.165, 1.54) is 0 Å². The lowest BCUT2D eigenvalue weighted by molar-refractivity contribution is -0.149. The lowest BCUT2D eigenvalue weighted by Crippen LogP contribution is -2.37. The lowest BCUT2D eigenvalue weighted by atomic mass is 10.0. The molecule has 1 rings (SSSR count). The van der Waals surface area contributed by atoms with E-state index in [4.69, 9.17) is 4.74 Å². The molecule has 1 atom stereocenters. The number of carbonyl (C=O) groups is 3. The van der Waals surface area contributed by atoms with Crippen molar-refractivity contribution in [3.05, 3.63) is 0 Å². The van der Waals surface area contributed by atoms with Crippen LogP contribution in [-0.2, 0) is 19.1 Å². The van der Waals surface area contributed by atoms with Crippen molar-refractivity contribution in [1.82, 2.24) is 4.90 Å².